The number of esters is 1. The van der Waals surface area contributed by atoms with Gasteiger partial charge in [0.2, 0.25) is 20.0 Å². The number of benzene rings is 10. The summed E-state index contributed by atoms with van der Waals surface area (Å²) >= 11 is 0. The van der Waals surface area contributed by atoms with Gasteiger partial charge in [-0.25, -0.2) is 57.4 Å². The molecule has 676 valence electrons. The lowest BCUT2D eigenvalue weighted by molar-refractivity contribution is 0.0515. The summed E-state index contributed by atoms with van der Waals surface area (Å²) in [5, 5.41) is 5.74. The van der Waals surface area contributed by atoms with E-state index in [-0.39, 0.29) is 76.1 Å². The van der Waals surface area contributed by atoms with Crippen LogP contribution in [0.2, 0.25) is 0 Å². The van der Waals surface area contributed by atoms with Crippen molar-refractivity contribution in [3.05, 3.63) is 379 Å². The number of furan rings is 2. The van der Waals surface area contributed by atoms with Crippen molar-refractivity contribution in [3.8, 4) is 44.5 Å². The first kappa shape index (κ1) is 89.7. The number of ether oxygens (including phenoxy) is 1. The number of H-pyrrole nitrogens is 4. The second kappa shape index (κ2) is 36.3. The Bertz CT molecular complexity index is 8530. The van der Waals surface area contributed by atoms with E-state index in [1.807, 2.05) is 124 Å². The highest BCUT2D eigenvalue weighted by molar-refractivity contribution is 7.89. The Labute approximate surface area is 759 Å². The van der Waals surface area contributed by atoms with E-state index in [0.717, 1.165) is 114 Å². The molecule has 24 nitrogen and oxygen atoms in total. The highest BCUT2D eigenvalue weighted by Gasteiger charge is 2.35. The zero-order chi connectivity index (χ0) is 94.6. The molecule has 3 amide bonds. The average Bonchev–Trinajstić information content (AvgIpc) is 1.56. The molecule has 0 radical (unpaired) electrons. The Hall–Kier alpha value is -16.2. The first-order valence-corrected chi connectivity index (χ1v) is 45.7. The molecule has 0 atom stereocenters. The molecule has 0 saturated heterocycles. The van der Waals surface area contributed by atoms with Gasteiger partial charge in [0.15, 0.2) is 0 Å². The maximum Gasteiger partial charge on any atom is 0.355 e. The molecule has 0 spiro atoms. The van der Waals surface area contributed by atoms with Gasteiger partial charge in [-0.05, 0) is 178 Å². The maximum absolute atomic E-state index is 15.2. The Morgan fingerprint density at radius 1 is 0.403 bits per heavy atom. The molecule has 20 aromatic rings. The van der Waals surface area contributed by atoms with E-state index < -0.39 is 78.1 Å². The van der Waals surface area contributed by atoms with Gasteiger partial charge >= 0.3 is 5.97 Å². The van der Waals surface area contributed by atoms with Crippen molar-refractivity contribution in [1.29, 1.82) is 0 Å². The number of aromatic amines is 4. The highest BCUT2D eigenvalue weighted by Crippen LogP contribution is 2.47. The number of hydrogen-bond donors (Lipinski definition) is 7. The molecule has 32 heteroatoms. The summed E-state index contributed by atoms with van der Waals surface area (Å²) in [6.07, 6.45) is 7.32. The van der Waals surface area contributed by atoms with Gasteiger partial charge in [-0.3, -0.25) is 24.0 Å². The van der Waals surface area contributed by atoms with Crippen molar-refractivity contribution in [2.45, 2.75) is 60.8 Å². The van der Waals surface area contributed by atoms with E-state index in [1.54, 1.807) is 91.9 Å². The quantitative estimate of drug-likeness (QED) is 0.0293. The first-order chi connectivity index (χ1) is 64.3. The number of sulfonamides is 2. The lowest BCUT2D eigenvalue weighted by Crippen LogP contribution is -2.32. The van der Waals surface area contributed by atoms with E-state index in [4.69, 9.17) is 19.3 Å². The van der Waals surface area contributed by atoms with Gasteiger partial charge in [0.1, 0.15) is 68.8 Å². The van der Waals surface area contributed by atoms with Crippen LogP contribution in [-0.4, -0.2) is 97.8 Å². The summed E-state index contributed by atoms with van der Waals surface area (Å²) in [6, 6.07) is 63.1. The third-order valence-electron chi connectivity index (χ3n) is 23.5. The van der Waals surface area contributed by atoms with Crippen LogP contribution in [0, 0.1) is 62.6 Å². The smallest absolute Gasteiger partial charge is 0.355 e. The molecular formula is C102H81F6N11O13S2. The number of nitrogens with two attached hydrogens (primary N) is 1. The fourth-order valence-electron chi connectivity index (χ4n) is 17.6. The van der Waals surface area contributed by atoms with Gasteiger partial charge in [-0.1, -0.05) is 103 Å². The van der Waals surface area contributed by atoms with Gasteiger partial charge in [0, 0.05) is 131 Å². The number of fused-ring (bicyclic) bond motifs is 12. The molecule has 10 aromatic carbocycles. The van der Waals surface area contributed by atoms with E-state index in [1.165, 1.54) is 64.4 Å². The zero-order valence-electron chi connectivity index (χ0n) is 72.5. The molecule has 0 aliphatic heterocycles. The van der Waals surface area contributed by atoms with E-state index in [0.29, 0.717) is 96.5 Å². The molecule has 0 bridgehead atoms. The fourth-order valence-corrected chi connectivity index (χ4v) is 18.5. The number of aryl methyl sites for hydroxylation is 4. The number of primary amides is 1. The Morgan fingerprint density at radius 2 is 0.799 bits per heavy atom. The number of carbonyl (C=O) groups excluding carboxylic acids is 4. The number of amides is 3. The maximum atomic E-state index is 15.2. The molecule has 0 fully saturated rings. The van der Waals surface area contributed by atoms with Crippen LogP contribution in [-0.2, 0) is 51.0 Å². The van der Waals surface area contributed by atoms with Crippen LogP contribution in [0.25, 0.3) is 132 Å². The molecule has 10 heterocycles. The van der Waals surface area contributed by atoms with Crippen LogP contribution in [0.5, 0.6) is 0 Å². The van der Waals surface area contributed by atoms with Crippen molar-refractivity contribution < 1.29 is 75.9 Å². The normalized spacial score (nSPS) is 11.6. The molecule has 0 aliphatic carbocycles. The van der Waals surface area contributed by atoms with Crippen molar-refractivity contribution in [2.75, 3.05) is 19.1 Å². The minimum Gasteiger partial charge on any atom is -0.464 e. The molecule has 0 unspecified atom stereocenters. The minimum absolute atomic E-state index is 0.0461. The van der Waals surface area contributed by atoms with E-state index in [2.05, 4.69) is 26.9 Å². The predicted molar refractivity (Wildman–Crippen MR) is 504 cm³/mol. The lowest BCUT2D eigenvalue weighted by Gasteiger charge is -2.13. The first-order valence-electron chi connectivity index (χ1n) is 41.9. The van der Waals surface area contributed by atoms with Crippen molar-refractivity contribution in [2.24, 2.45) is 5.73 Å². The monoisotopic (exact) mass is 1850 g/mol. The molecule has 10 aromatic heterocycles. The van der Waals surface area contributed by atoms with Crippen molar-refractivity contribution >= 4 is 131 Å². The SMILES string of the molecule is CCOC(=O)c1c(-c2ccccc2F)c2c3c(C)c(C)[nH]c3ccc2n1Cc1ccccc1.CS(=O)(=O)NC(=O)c1c(-c2ccc[nH]c2=O)c2c3occc3ccc2n1Cc1cc(F)ccc1F.CS(=O)(=O)NC(=O)c1c(-c2ccc[nH]c2=O)c2c3occc3ccc2n1Cc1ccc(F)cc1F.Cc1[nH]c2ccc3c(c(-c4ccccc4F)c(C(N)=O)n3Cc3ccccc3)c2c1C. The second-order valence-corrected chi connectivity index (χ2v) is 35.6. The molecule has 0 saturated carbocycles. The molecular weight excluding hydrogens is 1770 g/mol. The van der Waals surface area contributed by atoms with Crippen molar-refractivity contribution in [3.63, 3.8) is 0 Å². The summed E-state index contributed by atoms with van der Waals surface area (Å²) in [5.41, 5.74) is 18.7. The molecule has 20 rings (SSSR count). The minimum atomic E-state index is -4.01. The van der Waals surface area contributed by atoms with E-state index >= 15 is 8.78 Å². The van der Waals surface area contributed by atoms with Crippen molar-refractivity contribution in [1.82, 2.24) is 47.6 Å². The summed E-state index contributed by atoms with van der Waals surface area (Å²) < 4.78 is 162. The van der Waals surface area contributed by atoms with Crippen LogP contribution >= 0.6 is 0 Å². The Balaban J connectivity index is 0.000000125. The third-order valence-corrected chi connectivity index (χ3v) is 24.6. The number of nitrogens with zero attached hydrogens (tertiary/aromatic N) is 4. The summed E-state index contributed by atoms with van der Waals surface area (Å²) in [6.45, 7) is 10.5. The number of rotatable bonds is 19. The van der Waals surface area contributed by atoms with Crippen LogP contribution in [0.1, 0.15) is 93.6 Å². The van der Waals surface area contributed by atoms with Gasteiger partial charge in [-0.2, -0.15) is 0 Å². The standard InChI is InChI=1S/C28H25FN2O2.C26H22FN3O.2C24H17F2N3O5S/c1-4-33-28(32)27-25(20-12-8-9-13-21(20)29)26-23(31(27)16-19-10-6-5-7-11-19)15-14-22-24(26)17(2)18(3)30-22;1-15-16(2)29-20-12-13-21-24(22(15)20)23(18-10-6-7-11-19(18)27)25(26(28)31)30(21)14-17-8-4-3-5-9-17;1-35(32,33)28-24(31)21-19(16-3-2-9-27-23(16)30)20-18(7-4-13-8-10-34-22(13)20)29(21)12-14-11-15(25)5-6-17(14)26;1-35(32,33)28-24(31)21-19(16-3-2-9-27-23(16)30)20-18(7-5-13-8-10-34-22(13)20)29(21)12-14-4-6-15(25)11-17(14)26/h5-15,30H,4,16H2,1-3H3;3-13,29H,14H2,1-2H3,(H2,28,31);2*2-11H,12H2,1H3,(H,27,30)(H,28,31). The Kier molecular flexibility index (Phi) is 24.3. The second-order valence-electron chi connectivity index (χ2n) is 32.1. The largest absolute Gasteiger partial charge is 0.464 e. The van der Waals surface area contributed by atoms with Gasteiger partial charge in [-0.15, -0.1) is 0 Å². The number of hydrogen-bond acceptors (Lipinski definition) is 13. The summed E-state index contributed by atoms with van der Waals surface area (Å²) in [4.78, 5) is 90.4. The number of pyridine rings is 2. The highest BCUT2D eigenvalue weighted by atomic mass is 32.2. The Morgan fingerprint density at radius 3 is 1.24 bits per heavy atom. The van der Waals surface area contributed by atoms with Crippen LogP contribution in [0.3, 0.4) is 0 Å². The van der Waals surface area contributed by atoms with Gasteiger partial charge in [0.05, 0.1) is 88.7 Å². The number of carbonyl (C=O) groups is 4. The molecule has 8 N–H and O–H groups in total. The van der Waals surface area contributed by atoms with Crippen LogP contribution < -0.4 is 26.3 Å². The number of halogens is 6. The topological polar surface area (TPSA) is 339 Å². The summed E-state index contributed by atoms with van der Waals surface area (Å²) in [7, 11) is -8.01. The fraction of sp³-hybridized carbons (Fsp3) is 0.118. The number of nitrogens with one attached hydrogen (secondary N) is 6. The average molecular weight is 1850 g/mol. The summed E-state index contributed by atoms with van der Waals surface area (Å²) in [5.74, 6) is -6.89. The number of aromatic nitrogens is 8. The zero-order valence-corrected chi connectivity index (χ0v) is 74.2. The third kappa shape index (κ3) is 17.1. The van der Waals surface area contributed by atoms with Gasteiger partial charge in [0.25, 0.3) is 28.8 Å². The van der Waals surface area contributed by atoms with E-state index in [9.17, 15) is 63.2 Å². The molecule has 134 heavy (non-hydrogen) atoms. The van der Waals surface area contributed by atoms with Gasteiger partial charge < -0.3 is 57.5 Å². The molecule has 0 aliphatic rings. The van der Waals surface area contributed by atoms with Crippen LogP contribution in [0.15, 0.2) is 274 Å². The lowest BCUT2D eigenvalue weighted by atomic mass is 9.97. The van der Waals surface area contributed by atoms with Crippen LogP contribution in [0.4, 0.5) is 26.3 Å². The predicted octanol–water partition coefficient (Wildman–Crippen LogP) is 20.0.